The Balaban J connectivity index is 1.67. The first-order valence-electron chi connectivity index (χ1n) is 8.34. The van der Waals surface area contributed by atoms with Crippen LogP contribution in [-0.2, 0) is 6.18 Å². The van der Waals surface area contributed by atoms with Crippen molar-refractivity contribution in [2.75, 3.05) is 12.4 Å². The highest BCUT2D eigenvalue weighted by Crippen LogP contribution is 2.33. The van der Waals surface area contributed by atoms with E-state index in [2.05, 4.69) is 20.4 Å². The number of benzene rings is 1. The van der Waals surface area contributed by atoms with Crippen molar-refractivity contribution < 1.29 is 17.9 Å². The molecule has 0 saturated carbocycles. The van der Waals surface area contributed by atoms with Crippen LogP contribution in [0.5, 0.6) is 5.75 Å². The highest BCUT2D eigenvalue weighted by atomic mass is 35.5. The number of fused-ring (bicyclic) bond motifs is 1. The molecule has 29 heavy (non-hydrogen) atoms. The molecule has 1 aromatic carbocycles. The molecule has 150 valence electrons. The topological polar surface area (TPSA) is 69.3 Å². The number of methoxy groups -OCH3 is 1. The fourth-order valence-corrected chi connectivity index (χ4v) is 3.05. The van der Waals surface area contributed by atoms with Crippen LogP contribution >= 0.6 is 11.6 Å². The molecular formula is C18H14ClF3N6O. The number of aromatic nitrogens is 5. The number of halogens is 4. The van der Waals surface area contributed by atoms with E-state index in [-0.39, 0.29) is 16.6 Å². The van der Waals surface area contributed by atoms with Gasteiger partial charge in [-0.2, -0.15) is 18.2 Å². The third-order valence-electron chi connectivity index (χ3n) is 4.14. The average molecular weight is 423 g/mol. The zero-order valence-electron chi connectivity index (χ0n) is 15.2. The quantitative estimate of drug-likeness (QED) is 0.518. The van der Waals surface area contributed by atoms with Gasteiger partial charge < -0.3 is 14.6 Å². The molecule has 7 nitrogen and oxygen atoms in total. The molecule has 0 aliphatic heterocycles. The summed E-state index contributed by atoms with van der Waals surface area (Å²) < 4.78 is 47.1. The number of nitrogens with one attached hydrogen (secondary N) is 1. The largest absolute Gasteiger partial charge is 0.494 e. The summed E-state index contributed by atoms with van der Waals surface area (Å²) in [5.41, 5.74) is 1.43. The van der Waals surface area contributed by atoms with Gasteiger partial charge >= 0.3 is 6.18 Å². The number of imidazole rings is 1. The van der Waals surface area contributed by atoms with Crippen molar-refractivity contribution in [1.82, 2.24) is 24.1 Å². The first-order chi connectivity index (χ1) is 13.7. The van der Waals surface area contributed by atoms with E-state index in [1.54, 1.807) is 18.5 Å². The maximum atomic E-state index is 13.0. The molecule has 4 aromatic rings. The lowest BCUT2D eigenvalue weighted by Gasteiger charge is -2.11. The number of anilines is 2. The van der Waals surface area contributed by atoms with Crippen molar-refractivity contribution in [3.8, 4) is 11.4 Å². The van der Waals surface area contributed by atoms with Gasteiger partial charge in [0.15, 0.2) is 5.65 Å². The summed E-state index contributed by atoms with van der Waals surface area (Å²) in [7, 11) is 1.54. The number of hydrogen-bond acceptors (Lipinski definition) is 5. The molecule has 0 saturated heterocycles. The van der Waals surface area contributed by atoms with E-state index >= 15 is 0 Å². The molecule has 1 N–H and O–H groups in total. The SMILES string of the molecule is COc1cc(Nc2nc3c(Cl)cc(C(F)(F)F)cn3n2)ccc1-n1cnc(C)c1. The Hall–Kier alpha value is -3.27. The second kappa shape index (κ2) is 6.96. The second-order valence-corrected chi connectivity index (χ2v) is 6.62. The maximum absolute atomic E-state index is 13.0. The van der Waals surface area contributed by atoms with Gasteiger partial charge in [-0.25, -0.2) is 9.50 Å². The van der Waals surface area contributed by atoms with Gasteiger partial charge in [0.25, 0.3) is 0 Å². The first kappa shape index (κ1) is 19.1. The van der Waals surface area contributed by atoms with Crippen LogP contribution in [0.25, 0.3) is 11.3 Å². The zero-order valence-corrected chi connectivity index (χ0v) is 16.0. The van der Waals surface area contributed by atoms with E-state index in [1.165, 1.54) is 7.11 Å². The van der Waals surface area contributed by atoms with E-state index in [9.17, 15) is 13.2 Å². The van der Waals surface area contributed by atoms with Gasteiger partial charge in [0.2, 0.25) is 5.95 Å². The monoisotopic (exact) mass is 422 g/mol. The number of nitrogens with zero attached hydrogens (tertiary/aromatic N) is 5. The van der Waals surface area contributed by atoms with Crippen LogP contribution in [0.4, 0.5) is 24.8 Å². The van der Waals surface area contributed by atoms with Crippen molar-refractivity contribution in [1.29, 1.82) is 0 Å². The fourth-order valence-electron chi connectivity index (χ4n) is 2.80. The number of hydrogen-bond donors (Lipinski definition) is 1. The van der Waals surface area contributed by atoms with Gasteiger partial charge in [-0.3, -0.25) is 0 Å². The number of ether oxygens (including phenoxy) is 1. The summed E-state index contributed by atoms with van der Waals surface area (Å²) >= 11 is 5.94. The summed E-state index contributed by atoms with van der Waals surface area (Å²) in [6.07, 6.45) is -0.171. The Morgan fingerprint density at radius 3 is 2.62 bits per heavy atom. The number of alkyl halides is 3. The molecular weight excluding hydrogens is 409 g/mol. The van der Waals surface area contributed by atoms with Crippen LogP contribution in [0.1, 0.15) is 11.3 Å². The zero-order chi connectivity index (χ0) is 20.8. The highest BCUT2D eigenvalue weighted by Gasteiger charge is 2.32. The van der Waals surface area contributed by atoms with E-state index in [0.717, 1.165) is 28.2 Å². The fraction of sp³-hybridized carbons (Fsp3) is 0.167. The van der Waals surface area contributed by atoms with Crippen LogP contribution < -0.4 is 10.1 Å². The molecule has 0 unspecified atom stereocenters. The van der Waals surface area contributed by atoms with Crippen LogP contribution in [0.2, 0.25) is 5.02 Å². The van der Waals surface area contributed by atoms with Gasteiger partial charge in [-0.1, -0.05) is 11.6 Å². The molecule has 4 rings (SSSR count). The molecule has 0 atom stereocenters. The maximum Gasteiger partial charge on any atom is 0.417 e. The molecule has 0 aliphatic carbocycles. The Morgan fingerprint density at radius 2 is 1.97 bits per heavy atom. The van der Waals surface area contributed by atoms with Crippen LogP contribution in [-0.4, -0.2) is 31.3 Å². The Morgan fingerprint density at radius 1 is 1.17 bits per heavy atom. The third-order valence-corrected chi connectivity index (χ3v) is 4.42. The highest BCUT2D eigenvalue weighted by molar-refractivity contribution is 6.33. The van der Waals surface area contributed by atoms with Crippen molar-refractivity contribution in [3.05, 3.63) is 59.3 Å². The molecule has 0 spiro atoms. The minimum Gasteiger partial charge on any atom is -0.494 e. The number of rotatable bonds is 4. The van der Waals surface area contributed by atoms with Gasteiger partial charge in [-0.05, 0) is 25.1 Å². The summed E-state index contributed by atoms with van der Waals surface area (Å²) in [6.45, 7) is 1.88. The lowest BCUT2D eigenvalue weighted by atomic mass is 10.2. The Kier molecular flexibility index (Phi) is 4.58. The third kappa shape index (κ3) is 3.70. The normalized spacial score (nSPS) is 11.8. The lowest BCUT2D eigenvalue weighted by molar-refractivity contribution is -0.137. The van der Waals surface area contributed by atoms with Crippen molar-refractivity contribution in [3.63, 3.8) is 0 Å². The summed E-state index contributed by atoms with van der Waals surface area (Å²) in [6, 6.07) is 6.12. The van der Waals surface area contributed by atoms with Crippen molar-refractivity contribution in [2.45, 2.75) is 13.1 Å². The van der Waals surface area contributed by atoms with Crippen molar-refractivity contribution in [2.24, 2.45) is 0 Å². The number of pyridine rings is 1. The molecule has 3 heterocycles. The van der Waals surface area contributed by atoms with Gasteiger partial charge in [0.1, 0.15) is 5.75 Å². The standard InChI is InChI=1S/C18H14ClF3N6O/c1-10-7-27(9-23-10)14-4-3-12(6-15(14)29-2)24-17-25-16-13(19)5-11(18(20,21)22)8-28(16)26-17/h3-9H,1-2H3,(H,24,26). The molecule has 11 heteroatoms. The molecule has 0 radical (unpaired) electrons. The number of aryl methyl sites for hydroxylation is 1. The summed E-state index contributed by atoms with van der Waals surface area (Å²) in [5, 5.41) is 6.84. The van der Waals surface area contributed by atoms with E-state index in [4.69, 9.17) is 16.3 Å². The molecule has 0 amide bonds. The predicted molar refractivity (Wildman–Crippen MR) is 101 cm³/mol. The minimum absolute atomic E-state index is 0.0968. The average Bonchev–Trinajstić information content (AvgIpc) is 3.27. The van der Waals surface area contributed by atoms with E-state index in [0.29, 0.717) is 11.4 Å². The summed E-state index contributed by atoms with van der Waals surface area (Å²) in [4.78, 5) is 8.35. The van der Waals surface area contributed by atoms with Crippen molar-refractivity contribution >= 4 is 28.9 Å². The van der Waals surface area contributed by atoms with Crippen LogP contribution in [0.15, 0.2) is 43.0 Å². The predicted octanol–water partition coefficient (Wildman–Crippen LogP) is 4.65. The Bertz CT molecular complexity index is 1200. The smallest absolute Gasteiger partial charge is 0.417 e. The van der Waals surface area contributed by atoms with Gasteiger partial charge in [0.05, 0.1) is 35.4 Å². The molecule has 0 bridgehead atoms. The molecule has 0 fully saturated rings. The first-order valence-corrected chi connectivity index (χ1v) is 8.71. The van der Waals surface area contributed by atoms with Crippen LogP contribution in [0, 0.1) is 6.92 Å². The van der Waals surface area contributed by atoms with E-state index < -0.39 is 11.7 Å². The minimum atomic E-state index is -4.54. The summed E-state index contributed by atoms with van der Waals surface area (Å²) in [5.74, 6) is 0.660. The molecule has 0 aliphatic rings. The molecule has 3 aromatic heterocycles. The van der Waals surface area contributed by atoms with Gasteiger partial charge in [-0.15, -0.1) is 5.10 Å². The van der Waals surface area contributed by atoms with Gasteiger partial charge in [0, 0.05) is 24.1 Å². The van der Waals surface area contributed by atoms with E-state index in [1.807, 2.05) is 23.8 Å². The lowest BCUT2D eigenvalue weighted by Crippen LogP contribution is -2.07. The Labute approximate surface area is 167 Å². The van der Waals surface area contributed by atoms with Crippen LogP contribution in [0.3, 0.4) is 0 Å². The second-order valence-electron chi connectivity index (χ2n) is 6.21.